The van der Waals surface area contributed by atoms with Crippen molar-refractivity contribution in [1.82, 2.24) is 10.2 Å². The van der Waals surface area contributed by atoms with Gasteiger partial charge >= 0.3 is 0 Å². The fourth-order valence-electron chi connectivity index (χ4n) is 2.99. The molecule has 0 spiro atoms. The molecule has 3 rings (SSSR count). The highest BCUT2D eigenvalue weighted by Crippen LogP contribution is 2.30. The van der Waals surface area contributed by atoms with Crippen LogP contribution in [0.3, 0.4) is 0 Å². The van der Waals surface area contributed by atoms with Crippen molar-refractivity contribution in [3.05, 3.63) is 28.2 Å². The minimum atomic E-state index is -0.582. The summed E-state index contributed by atoms with van der Waals surface area (Å²) in [7, 11) is 1.44. The normalized spacial score (nSPS) is 23.0. The number of nitrogens with zero attached hydrogens (tertiary/aromatic N) is 1. The van der Waals surface area contributed by atoms with Crippen molar-refractivity contribution in [3.63, 3.8) is 0 Å². The van der Waals surface area contributed by atoms with E-state index in [0.29, 0.717) is 24.2 Å². The van der Waals surface area contributed by atoms with Crippen LogP contribution in [-0.2, 0) is 14.3 Å². The predicted octanol–water partition coefficient (Wildman–Crippen LogP) is 0.747. The summed E-state index contributed by atoms with van der Waals surface area (Å²) in [6.07, 6.45) is 0.391. The van der Waals surface area contributed by atoms with Crippen molar-refractivity contribution in [3.8, 4) is 0 Å². The molecule has 23 heavy (non-hydrogen) atoms. The monoisotopic (exact) mass is 381 g/mol. The molecule has 2 atom stereocenters. The molecule has 1 aromatic rings. The molecule has 2 heterocycles. The Labute approximate surface area is 141 Å². The quantitative estimate of drug-likeness (QED) is 0.808. The molecule has 0 aromatic heterocycles. The van der Waals surface area contributed by atoms with Crippen LogP contribution < -0.4 is 10.6 Å². The lowest BCUT2D eigenvalue weighted by Crippen LogP contribution is -2.41. The Balaban J connectivity index is 1.83. The summed E-state index contributed by atoms with van der Waals surface area (Å²) in [5, 5.41) is 5.58. The van der Waals surface area contributed by atoms with Gasteiger partial charge in [0.25, 0.3) is 5.91 Å². The predicted molar refractivity (Wildman–Crippen MR) is 86.0 cm³/mol. The van der Waals surface area contributed by atoms with Crippen molar-refractivity contribution in [2.45, 2.75) is 18.5 Å². The average Bonchev–Trinajstić information content (AvgIpc) is 2.88. The zero-order chi connectivity index (χ0) is 16.6. The number of methoxy groups -OCH3 is 1. The first-order valence-electron chi connectivity index (χ1n) is 7.19. The van der Waals surface area contributed by atoms with E-state index < -0.39 is 6.04 Å². The molecule has 122 valence electrons. The van der Waals surface area contributed by atoms with Gasteiger partial charge in [-0.05, 0) is 24.6 Å². The summed E-state index contributed by atoms with van der Waals surface area (Å²) in [5.74, 6) is -0.706. The highest BCUT2D eigenvalue weighted by atomic mass is 79.9. The van der Waals surface area contributed by atoms with Crippen LogP contribution in [0.2, 0.25) is 0 Å². The number of anilines is 1. The van der Waals surface area contributed by atoms with Crippen molar-refractivity contribution < 1.29 is 19.1 Å². The molecule has 8 heteroatoms. The molecule has 0 bridgehead atoms. The Hall–Kier alpha value is -1.93. The molecular formula is C15H16BrN3O4. The molecule has 7 nitrogen and oxygen atoms in total. The van der Waals surface area contributed by atoms with Gasteiger partial charge in [0.2, 0.25) is 11.8 Å². The SMILES string of the molecule is COCC(=O)N[C@H]1C[C@H]2C(=O)Nc3ccc(Br)cc3C(=O)N2C1. The maximum Gasteiger partial charge on any atom is 0.256 e. The zero-order valence-electron chi connectivity index (χ0n) is 12.5. The fourth-order valence-corrected chi connectivity index (χ4v) is 3.35. The Morgan fingerprint density at radius 1 is 1.48 bits per heavy atom. The smallest absolute Gasteiger partial charge is 0.256 e. The Morgan fingerprint density at radius 3 is 3.00 bits per heavy atom. The number of nitrogens with one attached hydrogen (secondary N) is 2. The molecule has 1 aromatic carbocycles. The topological polar surface area (TPSA) is 87.7 Å². The molecule has 2 N–H and O–H groups in total. The first-order chi connectivity index (χ1) is 11.0. The van der Waals surface area contributed by atoms with Crippen LogP contribution in [0.1, 0.15) is 16.8 Å². The van der Waals surface area contributed by atoms with E-state index >= 15 is 0 Å². The van der Waals surface area contributed by atoms with Gasteiger partial charge in [0.1, 0.15) is 12.6 Å². The van der Waals surface area contributed by atoms with E-state index in [9.17, 15) is 14.4 Å². The third-order valence-corrected chi connectivity index (χ3v) is 4.47. The number of amides is 3. The summed E-state index contributed by atoms with van der Waals surface area (Å²) in [6, 6.07) is 4.33. The van der Waals surface area contributed by atoms with E-state index in [-0.39, 0.29) is 30.4 Å². The second-order valence-electron chi connectivity index (χ2n) is 5.59. The van der Waals surface area contributed by atoms with Gasteiger partial charge in [-0.3, -0.25) is 14.4 Å². The van der Waals surface area contributed by atoms with Crippen LogP contribution in [0.4, 0.5) is 5.69 Å². The van der Waals surface area contributed by atoms with E-state index in [1.807, 2.05) is 0 Å². The van der Waals surface area contributed by atoms with Crippen molar-refractivity contribution in [2.24, 2.45) is 0 Å². The second kappa shape index (κ2) is 6.29. The Morgan fingerprint density at radius 2 is 2.26 bits per heavy atom. The molecule has 0 aliphatic carbocycles. The largest absolute Gasteiger partial charge is 0.375 e. The van der Waals surface area contributed by atoms with Crippen LogP contribution in [0.5, 0.6) is 0 Å². The molecule has 2 aliphatic rings. The molecule has 0 unspecified atom stereocenters. The summed E-state index contributed by atoms with van der Waals surface area (Å²) in [6.45, 7) is 0.259. The van der Waals surface area contributed by atoms with Crippen molar-refractivity contribution >= 4 is 39.3 Å². The van der Waals surface area contributed by atoms with Gasteiger partial charge in [-0.1, -0.05) is 15.9 Å². The summed E-state index contributed by atoms with van der Waals surface area (Å²) in [5.41, 5.74) is 0.955. The maximum atomic E-state index is 12.7. The third-order valence-electron chi connectivity index (χ3n) is 3.98. The summed E-state index contributed by atoms with van der Waals surface area (Å²) < 4.78 is 5.54. The highest BCUT2D eigenvalue weighted by molar-refractivity contribution is 9.10. The number of hydrogen-bond donors (Lipinski definition) is 2. The number of hydrogen-bond acceptors (Lipinski definition) is 4. The number of carbonyl (C=O) groups excluding carboxylic acids is 3. The molecule has 0 saturated carbocycles. The minimum absolute atomic E-state index is 0.0446. The van der Waals surface area contributed by atoms with Crippen molar-refractivity contribution in [1.29, 1.82) is 0 Å². The standard InChI is InChI=1S/C15H16BrN3O4/c1-23-7-13(20)17-9-5-12-14(21)18-11-3-2-8(16)4-10(11)15(22)19(12)6-9/h2-4,9,12H,5-7H2,1H3,(H,17,20)(H,18,21)/t9-,12-/m0/s1. The lowest BCUT2D eigenvalue weighted by molar-refractivity contribution is -0.125. The van der Waals surface area contributed by atoms with Gasteiger partial charge in [0.15, 0.2) is 0 Å². The van der Waals surface area contributed by atoms with Crippen LogP contribution in [0.15, 0.2) is 22.7 Å². The molecule has 1 fully saturated rings. The summed E-state index contributed by atoms with van der Waals surface area (Å²) >= 11 is 3.34. The Bertz CT molecular complexity index is 679. The van der Waals surface area contributed by atoms with Crippen LogP contribution in [-0.4, -0.2) is 55.0 Å². The number of rotatable bonds is 3. The van der Waals surface area contributed by atoms with Gasteiger partial charge in [-0.25, -0.2) is 0 Å². The van der Waals surface area contributed by atoms with Crippen LogP contribution in [0, 0.1) is 0 Å². The van der Waals surface area contributed by atoms with Gasteiger partial charge in [0, 0.05) is 24.2 Å². The maximum absolute atomic E-state index is 12.7. The van der Waals surface area contributed by atoms with E-state index in [1.54, 1.807) is 18.2 Å². The van der Waals surface area contributed by atoms with Crippen LogP contribution in [0.25, 0.3) is 0 Å². The van der Waals surface area contributed by atoms with Gasteiger partial charge in [-0.15, -0.1) is 0 Å². The molecule has 1 saturated heterocycles. The first kappa shape index (κ1) is 15.9. The Kier molecular flexibility index (Phi) is 4.36. The third kappa shape index (κ3) is 3.09. The van der Waals surface area contributed by atoms with Gasteiger partial charge < -0.3 is 20.3 Å². The number of benzene rings is 1. The first-order valence-corrected chi connectivity index (χ1v) is 7.98. The molecular weight excluding hydrogens is 366 g/mol. The number of ether oxygens (including phenoxy) is 1. The van der Waals surface area contributed by atoms with Crippen LogP contribution >= 0.6 is 15.9 Å². The van der Waals surface area contributed by atoms with Gasteiger partial charge in [0.05, 0.1) is 11.3 Å². The zero-order valence-corrected chi connectivity index (χ0v) is 14.1. The summed E-state index contributed by atoms with van der Waals surface area (Å²) in [4.78, 5) is 38.3. The molecule has 3 amide bonds. The average molecular weight is 382 g/mol. The number of carbonyl (C=O) groups is 3. The highest BCUT2D eigenvalue weighted by Gasteiger charge is 2.43. The number of fused-ring (bicyclic) bond motifs is 2. The lowest BCUT2D eigenvalue weighted by Gasteiger charge is -2.20. The molecule has 0 radical (unpaired) electrons. The van der Waals surface area contributed by atoms with E-state index in [0.717, 1.165) is 4.47 Å². The fraction of sp³-hybridized carbons (Fsp3) is 0.400. The van der Waals surface area contributed by atoms with Crippen molar-refractivity contribution in [2.75, 3.05) is 25.6 Å². The minimum Gasteiger partial charge on any atom is -0.375 e. The number of halogens is 1. The second-order valence-corrected chi connectivity index (χ2v) is 6.50. The van der Waals surface area contributed by atoms with Gasteiger partial charge in [-0.2, -0.15) is 0 Å². The van der Waals surface area contributed by atoms with E-state index in [4.69, 9.17) is 4.74 Å². The lowest BCUT2D eigenvalue weighted by atomic mass is 10.1. The molecule has 2 aliphatic heterocycles. The van der Waals surface area contributed by atoms with E-state index in [2.05, 4.69) is 26.6 Å². The van der Waals surface area contributed by atoms with E-state index in [1.165, 1.54) is 12.0 Å².